The van der Waals surface area contributed by atoms with Crippen molar-refractivity contribution in [3.63, 3.8) is 0 Å². The summed E-state index contributed by atoms with van der Waals surface area (Å²) in [4.78, 5) is 17.1. The Bertz CT molecular complexity index is 1120. The number of piperazine rings is 1. The summed E-state index contributed by atoms with van der Waals surface area (Å²) in [5.74, 6) is 0. The predicted molar refractivity (Wildman–Crippen MR) is 120 cm³/mol. The number of anilines is 1. The largest absolute Gasteiger partial charge is 0.416 e. The van der Waals surface area contributed by atoms with Crippen molar-refractivity contribution in [3.8, 4) is 5.69 Å². The number of hydrogen-bond donors (Lipinski definition) is 0. The molecule has 0 atom stereocenters. The Morgan fingerprint density at radius 1 is 0.906 bits per heavy atom. The van der Waals surface area contributed by atoms with Crippen molar-refractivity contribution in [1.82, 2.24) is 14.3 Å². The molecular weight excluding hydrogens is 441 g/mol. The fourth-order valence-electron chi connectivity index (χ4n) is 4.11. The third-order valence-corrected chi connectivity index (χ3v) is 6.17. The molecular formula is C23H24ClF3N4O. The molecule has 0 spiro atoms. The summed E-state index contributed by atoms with van der Waals surface area (Å²) in [7, 11) is 0. The van der Waals surface area contributed by atoms with Crippen molar-refractivity contribution in [3.05, 3.63) is 81.2 Å². The highest BCUT2D eigenvalue weighted by atomic mass is 35.5. The summed E-state index contributed by atoms with van der Waals surface area (Å²) >= 11 is 6.46. The molecule has 0 radical (unpaired) electrons. The summed E-state index contributed by atoms with van der Waals surface area (Å²) in [6, 6.07) is 14.7. The van der Waals surface area contributed by atoms with Gasteiger partial charge in [0.25, 0.3) is 5.56 Å². The Morgan fingerprint density at radius 3 is 2.09 bits per heavy atom. The first kappa shape index (κ1) is 22.5. The molecule has 0 saturated carbocycles. The maximum atomic E-state index is 12.8. The molecule has 2 heterocycles. The maximum Gasteiger partial charge on any atom is 0.416 e. The van der Waals surface area contributed by atoms with Crippen LogP contribution in [-0.4, -0.2) is 40.4 Å². The molecule has 3 aromatic rings. The molecule has 1 aliphatic rings. The van der Waals surface area contributed by atoms with Crippen LogP contribution in [0.1, 0.15) is 18.2 Å². The number of aromatic nitrogens is 2. The van der Waals surface area contributed by atoms with Crippen LogP contribution in [0.15, 0.2) is 59.4 Å². The van der Waals surface area contributed by atoms with E-state index in [4.69, 9.17) is 11.6 Å². The normalized spacial score (nSPS) is 15.3. The van der Waals surface area contributed by atoms with E-state index in [0.717, 1.165) is 29.2 Å². The quantitative estimate of drug-likeness (QED) is 0.551. The van der Waals surface area contributed by atoms with Crippen molar-refractivity contribution in [2.75, 3.05) is 31.1 Å². The van der Waals surface area contributed by atoms with Crippen LogP contribution >= 0.6 is 11.6 Å². The van der Waals surface area contributed by atoms with Gasteiger partial charge in [-0.15, -0.1) is 0 Å². The van der Waals surface area contributed by atoms with Crippen molar-refractivity contribution >= 4 is 17.3 Å². The zero-order valence-corrected chi connectivity index (χ0v) is 18.4. The van der Waals surface area contributed by atoms with Gasteiger partial charge in [-0.2, -0.15) is 13.2 Å². The molecule has 5 nitrogen and oxygen atoms in total. The smallest absolute Gasteiger partial charge is 0.369 e. The minimum Gasteiger partial charge on any atom is -0.369 e. The Kier molecular flexibility index (Phi) is 6.35. The molecule has 1 aromatic heterocycles. The second-order valence-corrected chi connectivity index (χ2v) is 8.11. The summed E-state index contributed by atoms with van der Waals surface area (Å²) in [6.07, 6.45) is -4.33. The molecule has 9 heteroatoms. The zero-order chi connectivity index (χ0) is 22.9. The van der Waals surface area contributed by atoms with Gasteiger partial charge in [-0.25, -0.2) is 4.68 Å². The fraction of sp³-hybridized carbons (Fsp3) is 0.348. The summed E-state index contributed by atoms with van der Waals surface area (Å²) in [5.41, 5.74) is 1.43. The number of halogens is 4. The van der Waals surface area contributed by atoms with Crippen LogP contribution in [0.2, 0.25) is 5.02 Å². The van der Waals surface area contributed by atoms with E-state index in [2.05, 4.69) is 9.80 Å². The highest BCUT2D eigenvalue weighted by Gasteiger charge is 2.30. The average Bonchev–Trinajstić information content (AvgIpc) is 3.04. The lowest BCUT2D eigenvalue weighted by molar-refractivity contribution is -0.137. The van der Waals surface area contributed by atoms with Gasteiger partial charge in [0, 0.05) is 45.0 Å². The monoisotopic (exact) mass is 464 g/mol. The molecule has 1 saturated heterocycles. The average molecular weight is 465 g/mol. The van der Waals surface area contributed by atoms with Gasteiger partial charge >= 0.3 is 6.18 Å². The number of rotatable bonds is 5. The number of alkyl halides is 3. The molecule has 170 valence electrons. The van der Waals surface area contributed by atoms with E-state index in [9.17, 15) is 18.0 Å². The number of nitrogens with zero attached hydrogens (tertiary/aromatic N) is 4. The van der Waals surface area contributed by atoms with Gasteiger partial charge in [-0.05, 0) is 43.3 Å². The molecule has 0 N–H and O–H groups in total. The number of para-hydroxylation sites is 1. The van der Waals surface area contributed by atoms with Crippen LogP contribution in [0.4, 0.5) is 18.9 Å². The van der Waals surface area contributed by atoms with Crippen molar-refractivity contribution in [2.45, 2.75) is 26.2 Å². The number of hydrogen-bond acceptors (Lipinski definition) is 3. The Balaban J connectivity index is 1.47. The molecule has 2 aromatic carbocycles. The van der Waals surface area contributed by atoms with Crippen LogP contribution in [0.25, 0.3) is 5.69 Å². The second kappa shape index (κ2) is 9.03. The first-order chi connectivity index (χ1) is 15.3. The third-order valence-electron chi connectivity index (χ3n) is 5.79. The third kappa shape index (κ3) is 4.42. The minimum absolute atomic E-state index is 0.223. The van der Waals surface area contributed by atoms with E-state index in [0.29, 0.717) is 39.3 Å². The van der Waals surface area contributed by atoms with E-state index in [1.165, 1.54) is 12.1 Å². The highest BCUT2D eigenvalue weighted by molar-refractivity contribution is 6.31. The van der Waals surface area contributed by atoms with Crippen molar-refractivity contribution in [2.24, 2.45) is 0 Å². The molecule has 1 fully saturated rings. The van der Waals surface area contributed by atoms with E-state index in [1.54, 1.807) is 4.68 Å². The van der Waals surface area contributed by atoms with E-state index in [-0.39, 0.29) is 10.6 Å². The minimum atomic E-state index is -4.33. The van der Waals surface area contributed by atoms with Crippen LogP contribution in [0.5, 0.6) is 0 Å². The van der Waals surface area contributed by atoms with Gasteiger partial charge in [0.2, 0.25) is 0 Å². The molecule has 0 bridgehead atoms. The van der Waals surface area contributed by atoms with Crippen LogP contribution in [0.3, 0.4) is 0 Å². The Morgan fingerprint density at radius 2 is 1.53 bits per heavy atom. The van der Waals surface area contributed by atoms with E-state index >= 15 is 0 Å². The molecule has 0 amide bonds. The highest BCUT2D eigenvalue weighted by Crippen LogP contribution is 2.31. The molecule has 0 unspecified atom stereocenters. The van der Waals surface area contributed by atoms with Gasteiger partial charge in [-0.3, -0.25) is 14.4 Å². The lowest BCUT2D eigenvalue weighted by Crippen LogP contribution is -2.46. The lowest BCUT2D eigenvalue weighted by Gasteiger charge is -2.36. The van der Waals surface area contributed by atoms with Gasteiger partial charge in [-0.1, -0.05) is 29.8 Å². The van der Waals surface area contributed by atoms with Gasteiger partial charge in [0.15, 0.2) is 0 Å². The van der Waals surface area contributed by atoms with Crippen LogP contribution in [-0.2, 0) is 19.3 Å². The first-order valence-corrected chi connectivity index (χ1v) is 10.9. The van der Waals surface area contributed by atoms with Gasteiger partial charge in [0.1, 0.15) is 5.02 Å². The van der Waals surface area contributed by atoms with Gasteiger partial charge in [0.05, 0.1) is 16.9 Å². The molecule has 4 rings (SSSR count). The van der Waals surface area contributed by atoms with E-state index in [1.807, 2.05) is 41.9 Å². The fourth-order valence-corrected chi connectivity index (χ4v) is 4.34. The lowest BCUT2D eigenvalue weighted by atomic mass is 10.1. The predicted octanol–water partition coefficient (Wildman–Crippen LogP) is 4.65. The summed E-state index contributed by atoms with van der Waals surface area (Å²) in [5, 5.41) is 0.223. The van der Waals surface area contributed by atoms with Crippen molar-refractivity contribution < 1.29 is 13.2 Å². The summed E-state index contributed by atoms with van der Waals surface area (Å²) < 4.78 is 41.9. The maximum absolute atomic E-state index is 12.8. The number of benzene rings is 2. The van der Waals surface area contributed by atoms with Crippen molar-refractivity contribution in [1.29, 1.82) is 0 Å². The summed E-state index contributed by atoms with van der Waals surface area (Å²) in [6.45, 7) is 5.89. The van der Waals surface area contributed by atoms with Crippen LogP contribution < -0.4 is 10.5 Å². The second-order valence-electron chi connectivity index (χ2n) is 7.74. The molecule has 0 aliphatic carbocycles. The topological polar surface area (TPSA) is 33.4 Å². The molecule has 32 heavy (non-hydrogen) atoms. The molecule has 1 aliphatic heterocycles. The van der Waals surface area contributed by atoms with Gasteiger partial charge < -0.3 is 4.90 Å². The van der Waals surface area contributed by atoms with E-state index < -0.39 is 11.7 Å². The Hall–Kier alpha value is -2.71. The first-order valence-electron chi connectivity index (χ1n) is 10.5. The standard InChI is InChI=1S/C23H24ClF3N4O/c1-2-30-20(21(24)22(32)31(30)19-6-4-3-5-7-19)16-28-12-14-29(15-13-28)18-10-8-17(9-11-18)23(25,26)27/h3-11H,2,12-16H2,1H3. The van der Waals surface area contributed by atoms with Crippen LogP contribution in [0, 0.1) is 0 Å². The zero-order valence-electron chi connectivity index (χ0n) is 17.6. The SMILES string of the molecule is CCn1c(CN2CCN(c3ccc(C(F)(F)F)cc3)CC2)c(Cl)c(=O)n1-c1ccccc1. The Labute approximate surface area is 189 Å².